The molecular formula is C22H22F3N5O5. The number of aryl methyl sites for hydroxylation is 1. The molecule has 13 heteroatoms. The van der Waals surface area contributed by atoms with E-state index in [1.165, 1.54) is 28.8 Å². The number of rotatable bonds is 7. The molecule has 4 rings (SSSR count). The van der Waals surface area contributed by atoms with Gasteiger partial charge in [0.05, 0.1) is 22.1 Å². The summed E-state index contributed by atoms with van der Waals surface area (Å²) >= 11 is 0. The molecule has 35 heavy (non-hydrogen) atoms. The predicted molar refractivity (Wildman–Crippen MR) is 119 cm³/mol. The van der Waals surface area contributed by atoms with Gasteiger partial charge in [0.15, 0.2) is 5.58 Å². The zero-order valence-corrected chi connectivity index (χ0v) is 18.5. The highest BCUT2D eigenvalue weighted by Gasteiger charge is 2.31. The van der Waals surface area contributed by atoms with Crippen molar-refractivity contribution in [2.24, 2.45) is 0 Å². The summed E-state index contributed by atoms with van der Waals surface area (Å²) in [6.45, 7) is 1.31. The topological polar surface area (TPSA) is 124 Å². The van der Waals surface area contributed by atoms with Crippen LogP contribution in [0.25, 0.3) is 11.1 Å². The summed E-state index contributed by atoms with van der Waals surface area (Å²) in [5.74, 6) is -0.358. The quantitative estimate of drug-likeness (QED) is 0.395. The summed E-state index contributed by atoms with van der Waals surface area (Å²) in [6, 6.07) is 6.20. The molecule has 0 aliphatic carbocycles. The number of aromatic nitrogens is 2. The number of fused-ring (bicyclic) bond motifs is 1. The van der Waals surface area contributed by atoms with Gasteiger partial charge in [0, 0.05) is 44.4 Å². The van der Waals surface area contributed by atoms with Crippen molar-refractivity contribution in [3.05, 3.63) is 62.8 Å². The number of carbonyl (C=O) groups excluding carboxylic acids is 1. The Morgan fingerprint density at radius 3 is 2.60 bits per heavy atom. The Bertz CT molecular complexity index is 1280. The molecule has 2 aromatic heterocycles. The third-order valence-corrected chi connectivity index (χ3v) is 5.91. The van der Waals surface area contributed by atoms with Gasteiger partial charge < -0.3 is 14.6 Å². The maximum absolute atomic E-state index is 12.7. The molecule has 0 atom stereocenters. The van der Waals surface area contributed by atoms with Gasteiger partial charge in [0.1, 0.15) is 5.82 Å². The van der Waals surface area contributed by atoms with Crippen LogP contribution >= 0.6 is 0 Å². The highest BCUT2D eigenvalue weighted by Crippen LogP contribution is 2.30. The average Bonchev–Trinajstić information content (AvgIpc) is 3.13. The second kappa shape index (κ2) is 9.76. The van der Waals surface area contributed by atoms with Gasteiger partial charge in [0.2, 0.25) is 5.91 Å². The number of oxazole rings is 1. The number of nitrogens with one attached hydrogen (secondary N) is 1. The fourth-order valence-corrected chi connectivity index (χ4v) is 4.07. The first kappa shape index (κ1) is 24.2. The van der Waals surface area contributed by atoms with E-state index < -0.39 is 22.4 Å². The highest BCUT2D eigenvalue weighted by atomic mass is 19.4. The lowest BCUT2D eigenvalue weighted by atomic mass is 10.0. The number of nitro groups is 1. The normalized spacial score (nSPS) is 14.9. The summed E-state index contributed by atoms with van der Waals surface area (Å²) in [5, 5.41) is 13.8. The Balaban J connectivity index is 1.24. The van der Waals surface area contributed by atoms with Crippen molar-refractivity contribution >= 4 is 28.5 Å². The average molecular weight is 493 g/mol. The van der Waals surface area contributed by atoms with Gasteiger partial charge in [-0.05, 0) is 37.5 Å². The lowest BCUT2D eigenvalue weighted by Gasteiger charge is -2.33. The van der Waals surface area contributed by atoms with Crippen molar-refractivity contribution < 1.29 is 27.3 Å². The van der Waals surface area contributed by atoms with E-state index in [0.717, 1.165) is 12.3 Å². The van der Waals surface area contributed by atoms with Crippen molar-refractivity contribution in [2.45, 2.75) is 44.4 Å². The Kier molecular flexibility index (Phi) is 6.76. The molecule has 186 valence electrons. The van der Waals surface area contributed by atoms with Crippen LogP contribution in [0.3, 0.4) is 0 Å². The van der Waals surface area contributed by atoms with Crippen LogP contribution in [0.1, 0.15) is 31.2 Å². The fraction of sp³-hybridized carbons (Fsp3) is 0.409. The number of anilines is 1. The Morgan fingerprint density at radius 2 is 1.97 bits per heavy atom. The van der Waals surface area contributed by atoms with Gasteiger partial charge in [-0.25, -0.2) is 9.78 Å². The second-order valence-electron chi connectivity index (χ2n) is 8.26. The number of hydrogen-bond donors (Lipinski definition) is 1. The first-order valence-corrected chi connectivity index (χ1v) is 11.0. The molecule has 1 saturated heterocycles. The summed E-state index contributed by atoms with van der Waals surface area (Å²) in [5.41, 5.74) is -0.443. The zero-order valence-electron chi connectivity index (χ0n) is 18.5. The molecule has 0 unspecified atom stereocenters. The van der Waals surface area contributed by atoms with Gasteiger partial charge in [0.25, 0.3) is 5.69 Å². The van der Waals surface area contributed by atoms with Crippen molar-refractivity contribution in [3.8, 4) is 0 Å². The van der Waals surface area contributed by atoms with E-state index >= 15 is 0 Å². The molecular weight excluding hydrogens is 471 g/mol. The molecule has 0 radical (unpaired) electrons. The van der Waals surface area contributed by atoms with Crippen LogP contribution in [-0.4, -0.2) is 39.5 Å². The van der Waals surface area contributed by atoms with Crippen molar-refractivity contribution in [1.82, 2.24) is 14.9 Å². The third kappa shape index (κ3) is 5.61. The number of nitrogens with zero attached hydrogens (tertiary/aromatic N) is 4. The number of carbonyl (C=O) groups is 1. The second-order valence-corrected chi connectivity index (χ2v) is 8.26. The van der Waals surface area contributed by atoms with E-state index in [0.29, 0.717) is 43.7 Å². The number of amides is 1. The van der Waals surface area contributed by atoms with E-state index in [-0.39, 0.29) is 36.2 Å². The minimum Gasteiger partial charge on any atom is -0.407 e. The van der Waals surface area contributed by atoms with Gasteiger partial charge in [-0.15, -0.1) is 0 Å². The summed E-state index contributed by atoms with van der Waals surface area (Å²) in [6.07, 6.45) is -1.82. The number of hydrogen-bond acceptors (Lipinski definition) is 7. The Hall–Kier alpha value is -3.90. The SMILES string of the molecule is O=C(CCCn1c(=O)oc2cc([N+](=O)[O-])ccc21)NC1CCN(c2ccc(C(F)(F)F)cn2)CC1. The number of piperidine rings is 1. The van der Waals surface area contributed by atoms with Gasteiger partial charge in [-0.3, -0.25) is 19.5 Å². The zero-order chi connectivity index (χ0) is 25.2. The van der Waals surface area contributed by atoms with Gasteiger partial charge >= 0.3 is 11.9 Å². The number of halogens is 3. The van der Waals surface area contributed by atoms with Crippen LogP contribution in [0, 0.1) is 10.1 Å². The molecule has 1 fully saturated rings. The fourth-order valence-electron chi connectivity index (χ4n) is 4.07. The third-order valence-electron chi connectivity index (χ3n) is 5.91. The molecule has 1 aliphatic rings. The van der Waals surface area contributed by atoms with Crippen LogP contribution < -0.4 is 16.0 Å². The molecule has 1 aliphatic heterocycles. The van der Waals surface area contributed by atoms with Crippen LogP contribution in [0.15, 0.2) is 45.7 Å². The van der Waals surface area contributed by atoms with E-state index in [1.807, 2.05) is 4.90 Å². The molecule has 1 aromatic carbocycles. The van der Waals surface area contributed by atoms with Crippen molar-refractivity contribution in [2.75, 3.05) is 18.0 Å². The summed E-state index contributed by atoms with van der Waals surface area (Å²) in [4.78, 5) is 40.5. The van der Waals surface area contributed by atoms with Crippen LogP contribution in [0.4, 0.5) is 24.7 Å². The van der Waals surface area contributed by atoms with E-state index in [2.05, 4.69) is 10.3 Å². The van der Waals surface area contributed by atoms with E-state index in [1.54, 1.807) is 0 Å². The Labute approximate surface area is 196 Å². The molecule has 3 aromatic rings. The highest BCUT2D eigenvalue weighted by molar-refractivity contribution is 5.77. The monoisotopic (exact) mass is 493 g/mol. The minimum atomic E-state index is -4.43. The van der Waals surface area contributed by atoms with Gasteiger partial charge in [-0.1, -0.05) is 0 Å². The minimum absolute atomic E-state index is 0.0637. The first-order valence-electron chi connectivity index (χ1n) is 11.0. The molecule has 1 N–H and O–H groups in total. The number of alkyl halides is 3. The molecule has 10 nitrogen and oxygen atoms in total. The summed E-state index contributed by atoms with van der Waals surface area (Å²) in [7, 11) is 0. The Morgan fingerprint density at radius 1 is 1.23 bits per heavy atom. The standard InChI is InChI=1S/C22H22F3N5O5/c23-22(24,25)14-3-6-19(26-13-14)28-10-7-15(8-11-28)27-20(31)2-1-9-29-17-5-4-16(30(33)34)12-18(17)35-21(29)32/h3-6,12-13,15H,1-2,7-11H2,(H,27,31). The number of pyridine rings is 1. The number of nitro benzene ring substituents is 1. The number of non-ortho nitro benzene ring substituents is 1. The lowest BCUT2D eigenvalue weighted by Crippen LogP contribution is -2.45. The smallest absolute Gasteiger partial charge is 0.407 e. The molecule has 0 saturated carbocycles. The maximum Gasteiger partial charge on any atom is 0.419 e. The predicted octanol–water partition coefficient (Wildman–Crippen LogP) is 3.48. The molecule has 1 amide bonds. The van der Waals surface area contributed by atoms with Gasteiger partial charge in [-0.2, -0.15) is 13.2 Å². The van der Waals surface area contributed by atoms with Crippen LogP contribution in [-0.2, 0) is 17.5 Å². The molecule has 0 spiro atoms. The van der Waals surface area contributed by atoms with Crippen molar-refractivity contribution in [3.63, 3.8) is 0 Å². The van der Waals surface area contributed by atoms with Crippen LogP contribution in [0.5, 0.6) is 0 Å². The number of benzene rings is 1. The molecule has 0 bridgehead atoms. The van der Waals surface area contributed by atoms with E-state index in [9.17, 15) is 32.9 Å². The van der Waals surface area contributed by atoms with Crippen LogP contribution in [0.2, 0.25) is 0 Å². The summed E-state index contributed by atoms with van der Waals surface area (Å²) < 4.78 is 44.5. The van der Waals surface area contributed by atoms with Crippen molar-refractivity contribution in [1.29, 1.82) is 0 Å². The first-order chi connectivity index (χ1) is 16.6. The molecule has 3 heterocycles. The maximum atomic E-state index is 12.7. The van der Waals surface area contributed by atoms with E-state index in [4.69, 9.17) is 4.42 Å². The lowest BCUT2D eigenvalue weighted by molar-refractivity contribution is -0.384. The largest absolute Gasteiger partial charge is 0.419 e.